The molecular formula is C12H25BN2O3. The number of aliphatic hydroxyl groups is 1. The summed E-state index contributed by atoms with van der Waals surface area (Å²) in [6.45, 7) is 8.36. The number of nitrogens with one attached hydrogen (secondary N) is 2. The van der Waals surface area contributed by atoms with Crippen LogP contribution in [-0.2, 0) is 9.39 Å². The van der Waals surface area contributed by atoms with Crippen molar-refractivity contribution in [3.63, 3.8) is 0 Å². The van der Waals surface area contributed by atoms with Crippen molar-refractivity contribution in [2.24, 2.45) is 0 Å². The van der Waals surface area contributed by atoms with Gasteiger partial charge in [0.25, 0.3) is 0 Å². The second-order valence-electron chi connectivity index (χ2n) is 5.17. The first kappa shape index (κ1) is 17.2. The molecule has 0 heterocycles. The Morgan fingerprint density at radius 1 is 1.39 bits per heavy atom. The zero-order chi connectivity index (χ0) is 14.2. The van der Waals surface area contributed by atoms with Crippen molar-refractivity contribution in [1.82, 2.24) is 5.32 Å². The number of hydrogen-bond acceptors (Lipinski definition) is 5. The first-order valence-corrected chi connectivity index (χ1v) is 6.03. The average molecular weight is 256 g/mol. The van der Waals surface area contributed by atoms with Crippen molar-refractivity contribution in [3.8, 4) is 0 Å². The molecule has 18 heavy (non-hydrogen) atoms. The quantitative estimate of drug-likeness (QED) is 0.321. The Bertz CT molecular complexity index is 286. The highest BCUT2D eigenvalue weighted by atomic mass is 16.5. The van der Waals surface area contributed by atoms with Crippen LogP contribution in [0.3, 0.4) is 0 Å². The van der Waals surface area contributed by atoms with Crippen LogP contribution in [0.1, 0.15) is 27.7 Å². The van der Waals surface area contributed by atoms with Crippen LogP contribution in [0.2, 0.25) is 0 Å². The van der Waals surface area contributed by atoms with Gasteiger partial charge in [0.1, 0.15) is 0 Å². The van der Waals surface area contributed by atoms with Crippen LogP contribution in [0.5, 0.6) is 0 Å². The van der Waals surface area contributed by atoms with E-state index in [1.807, 2.05) is 13.8 Å². The van der Waals surface area contributed by atoms with Crippen molar-refractivity contribution >= 4 is 13.7 Å². The summed E-state index contributed by atoms with van der Waals surface area (Å²) in [5.41, 5.74) is -0.908. The van der Waals surface area contributed by atoms with E-state index >= 15 is 0 Å². The van der Waals surface area contributed by atoms with Gasteiger partial charge in [-0.25, -0.2) is 0 Å². The summed E-state index contributed by atoms with van der Waals surface area (Å²) in [5, 5.41) is 20.3. The highest BCUT2D eigenvalue weighted by Gasteiger charge is 2.35. The summed E-state index contributed by atoms with van der Waals surface area (Å²) < 4.78 is 10.6. The number of ether oxygens (including phenoxy) is 1. The third-order valence-electron chi connectivity index (χ3n) is 3.00. The molecule has 0 aliphatic rings. The summed E-state index contributed by atoms with van der Waals surface area (Å²) in [5.74, 6) is 0. The van der Waals surface area contributed by atoms with Gasteiger partial charge in [0.05, 0.1) is 17.8 Å². The Kier molecular flexibility index (Phi) is 7.20. The minimum absolute atomic E-state index is 0.278. The van der Waals surface area contributed by atoms with Crippen LogP contribution >= 0.6 is 0 Å². The normalized spacial score (nSPS) is 13.3. The predicted octanol–water partition coefficient (Wildman–Crippen LogP) is 0.631. The molecule has 0 fully saturated rings. The zero-order valence-electron chi connectivity index (χ0n) is 12.0. The van der Waals surface area contributed by atoms with Gasteiger partial charge in [-0.15, -0.1) is 0 Å². The molecule has 104 valence electrons. The van der Waals surface area contributed by atoms with Gasteiger partial charge >= 0.3 is 7.48 Å². The Morgan fingerprint density at radius 2 is 2.00 bits per heavy atom. The molecule has 0 radical (unpaired) electrons. The molecule has 0 aliphatic heterocycles. The average Bonchev–Trinajstić information content (AvgIpc) is 2.26. The first-order chi connectivity index (χ1) is 8.24. The second-order valence-corrected chi connectivity index (χ2v) is 5.17. The summed E-state index contributed by atoms with van der Waals surface area (Å²) in [7, 11) is 1.92. The molecular weight excluding hydrogens is 231 g/mol. The third-order valence-corrected chi connectivity index (χ3v) is 3.00. The van der Waals surface area contributed by atoms with E-state index in [0.717, 1.165) is 0 Å². The molecule has 0 spiro atoms. The Balaban J connectivity index is 4.27. The maximum absolute atomic E-state index is 9.94. The van der Waals surface area contributed by atoms with Gasteiger partial charge in [-0.3, -0.25) is 0 Å². The highest BCUT2D eigenvalue weighted by Crippen LogP contribution is 2.24. The maximum atomic E-state index is 9.94. The van der Waals surface area contributed by atoms with Crippen LogP contribution in [0, 0.1) is 5.41 Å². The zero-order valence-corrected chi connectivity index (χ0v) is 12.0. The van der Waals surface area contributed by atoms with Gasteiger partial charge in [-0.05, 0) is 39.4 Å². The van der Waals surface area contributed by atoms with Crippen LogP contribution in [0.15, 0.2) is 11.7 Å². The first-order valence-electron chi connectivity index (χ1n) is 6.03. The molecule has 0 saturated heterocycles. The van der Waals surface area contributed by atoms with E-state index in [9.17, 15) is 5.11 Å². The van der Waals surface area contributed by atoms with Gasteiger partial charge in [-0.1, -0.05) is 0 Å². The van der Waals surface area contributed by atoms with Gasteiger partial charge < -0.3 is 25.2 Å². The lowest BCUT2D eigenvalue weighted by Gasteiger charge is -2.37. The van der Waals surface area contributed by atoms with Crippen molar-refractivity contribution in [2.75, 3.05) is 20.3 Å². The van der Waals surface area contributed by atoms with E-state index in [-0.39, 0.29) is 7.48 Å². The van der Waals surface area contributed by atoms with E-state index in [4.69, 9.17) is 14.8 Å². The number of rotatable bonds is 9. The number of allylic oxidation sites excluding steroid dienone is 1. The largest absolute Gasteiger partial charge is 0.427 e. The standard InChI is InChI=1S/C12H25BN2O3/c1-11(2,16)12(3,4)18-13-10(8-14)9-15-6-7-17-5/h8-9,13-16H,6-7H2,1-5H3/b10-9+,14-8?. The van der Waals surface area contributed by atoms with Crippen LogP contribution < -0.4 is 5.32 Å². The molecule has 0 aliphatic carbocycles. The molecule has 0 aromatic carbocycles. The molecule has 5 nitrogen and oxygen atoms in total. The minimum Gasteiger partial charge on any atom is -0.427 e. The fraction of sp³-hybridized carbons (Fsp3) is 0.750. The van der Waals surface area contributed by atoms with Crippen LogP contribution in [0.25, 0.3) is 0 Å². The van der Waals surface area contributed by atoms with Crippen molar-refractivity contribution in [2.45, 2.75) is 38.9 Å². The predicted molar refractivity (Wildman–Crippen MR) is 75.4 cm³/mol. The van der Waals surface area contributed by atoms with Gasteiger partial charge in [-0.2, -0.15) is 0 Å². The Morgan fingerprint density at radius 3 is 2.44 bits per heavy atom. The van der Waals surface area contributed by atoms with Crippen LogP contribution in [-0.4, -0.2) is 50.3 Å². The molecule has 0 rings (SSSR count). The summed E-state index contributed by atoms with van der Waals surface area (Å²) in [6.07, 6.45) is 2.97. The molecule has 0 atom stereocenters. The molecule has 0 unspecified atom stereocenters. The molecule has 0 saturated carbocycles. The van der Waals surface area contributed by atoms with E-state index < -0.39 is 11.2 Å². The smallest absolute Gasteiger partial charge is 0.312 e. The number of hydrogen-bond donors (Lipinski definition) is 3. The molecule has 0 aromatic heterocycles. The number of methoxy groups -OCH3 is 1. The van der Waals surface area contributed by atoms with Gasteiger partial charge in [0, 0.05) is 19.9 Å². The molecule has 6 heteroatoms. The minimum atomic E-state index is -0.941. The van der Waals surface area contributed by atoms with Crippen molar-refractivity contribution < 1.29 is 14.5 Å². The highest BCUT2D eigenvalue weighted by molar-refractivity contribution is 6.45. The SMILES string of the molecule is COCCN/C=C(/BOC(C)(C)C(C)(C)O)C=N. The Hall–Kier alpha value is -0.845. The van der Waals surface area contributed by atoms with E-state index in [1.165, 1.54) is 6.21 Å². The monoisotopic (exact) mass is 256 g/mol. The molecule has 0 amide bonds. The lowest BCUT2D eigenvalue weighted by Crippen LogP contribution is -2.48. The fourth-order valence-corrected chi connectivity index (χ4v) is 0.930. The molecule has 3 N–H and O–H groups in total. The van der Waals surface area contributed by atoms with E-state index in [0.29, 0.717) is 18.6 Å². The fourth-order valence-electron chi connectivity index (χ4n) is 0.930. The lowest BCUT2D eigenvalue weighted by atomic mass is 9.83. The second kappa shape index (κ2) is 7.56. The van der Waals surface area contributed by atoms with Crippen LogP contribution in [0.4, 0.5) is 0 Å². The van der Waals surface area contributed by atoms with E-state index in [1.54, 1.807) is 27.2 Å². The summed E-state index contributed by atoms with van der Waals surface area (Å²) in [6, 6.07) is 0. The van der Waals surface area contributed by atoms with E-state index in [2.05, 4.69) is 5.32 Å². The summed E-state index contributed by atoms with van der Waals surface area (Å²) in [4.78, 5) is 0. The van der Waals surface area contributed by atoms with Gasteiger partial charge in [0.2, 0.25) is 0 Å². The summed E-state index contributed by atoms with van der Waals surface area (Å²) >= 11 is 0. The molecule has 0 aromatic rings. The van der Waals surface area contributed by atoms with Crippen molar-refractivity contribution in [1.29, 1.82) is 5.41 Å². The topological polar surface area (TPSA) is 74.6 Å². The van der Waals surface area contributed by atoms with Crippen molar-refractivity contribution in [3.05, 3.63) is 11.7 Å². The third kappa shape index (κ3) is 6.19. The van der Waals surface area contributed by atoms with Gasteiger partial charge in [0.15, 0.2) is 0 Å². The maximum Gasteiger partial charge on any atom is 0.312 e. The molecule has 0 bridgehead atoms. The lowest BCUT2D eigenvalue weighted by molar-refractivity contribution is -0.0895. The Labute approximate surface area is 110 Å².